The van der Waals surface area contributed by atoms with E-state index in [0.29, 0.717) is 12.8 Å². The van der Waals surface area contributed by atoms with Gasteiger partial charge in [-0.25, -0.2) is 0 Å². The number of hydrogen-bond acceptors (Lipinski definition) is 3. The third-order valence-corrected chi connectivity index (χ3v) is 3.43. The Kier molecular flexibility index (Phi) is 6.93. The molecule has 0 aromatic carbocycles. The molecule has 2 atom stereocenters. The summed E-state index contributed by atoms with van der Waals surface area (Å²) in [6.45, 7) is 10.9. The number of aliphatic hydroxyl groups is 3. The second-order valence-electron chi connectivity index (χ2n) is 6.45. The summed E-state index contributed by atoms with van der Waals surface area (Å²) < 4.78 is 0. The van der Waals surface area contributed by atoms with Crippen molar-refractivity contribution in [2.45, 2.75) is 77.4 Å². The Bertz CT molecular complexity index is 251. The van der Waals surface area contributed by atoms with Crippen LogP contribution in [0.5, 0.6) is 0 Å². The standard InChI is InChI=1S/C15H30O3/c1-12(13(2)16)8-6-10-15(5,18)11-7-9-14(3,4)17/h12,16-18H,2,6-11H2,1,3-5H3. The lowest BCUT2D eigenvalue weighted by molar-refractivity contribution is 0.0215. The van der Waals surface area contributed by atoms with Gasteiger partial charge in [0, 0.05) is 5.92 Å². The van der Waals surface area contributed by atoms with Gasteiger partial charge in [-0.05, 0) is 59.3 Å². The van der Waals surface area contributed by atoms with Crippen molar-refractivity contribution in [3.8, 4) is 0 Å². The molecule has 0 aliphatic rings. The van der Waals surface area contributed by atoms with Gasteiger partial charge in [-0.15, -0.1) is 0 Å². The van der Waals surface area contributed by atoms with Crippen LogP contribution in [0.3, 0.4) is 0 Å². The smallest absolute Gasteiger partial charge is 0.0879 e. The normalized spacial score (nSPS) is 17.2. The largest absolute Gasteiger partial charge is 0.513 e. The first-order valence-corrected chi connectivity index (χ1v) is 6.86. The summed E-state index contributed by atoms with van der Waals surface area (Å²) in [6, 6.07) is 0. The second kappa shape index (κ2) is 7.15. The minimum atomic E-state index is -0.679. The van der Waals surface area contributed by atoms with Crippen LogP contribution >= 0.6 is 0 Å². The van der Waals surface area contributed by atoms with E-state index in [2.05, 4.69) is 6.58 Å². The number of aliphatic hydroxyl groups excluding tert-OH is 1. The van der Waals surface area contributed by atoms with Crippen molar-refractivity contribution in [3.63, 3.8) is 0 Å². The van der Waals surface area contributed by atoms with Gasteiger partial charge in [0.25, 0.3) is 0 Å². The van der Waals surface area contributed by atoms with E-state index in [4.69, 9.17) is 0 Å². The molecule has 3 N–H and O–H groups in total. The maximum absolute atomic E-state index is 10.2. The molecule has 0 rings (SSSR count). The molecule has 0 saturated heterocycles. The molecule has 0 spiro atoms. The third-order valence-electron chi connectivity index (χ3n) is 3.43. The van der Waals surface area contributed by atoms with Gasteiger partial charge in [-0.1, -0.05) is 13.5 Å². The van der Waals surface area contributed by atoms with Crippen LogP contribution in [0.25, 0.3) is 0 Å². The van der Waals surface area contributed by atoms with Gasteiger partial charge >= 0.3 is 0 Å². The molecular weight excluding hydrogens is 228 g/mol. The van der Waals surface area contributed by atoms with Crippen molar-refractivity contribution in [3.05, 3.63) is 12.3 Å². The van der Waals surface area contributed by atoms with Crippen LogP contribution in [0.1, 0.15) is 66.2 Å². The first-order valence-electron chi connectivity index (χ1n) is 6.86. The Morgan fingerprint density at radius 2 is 1.56 bits per heavy atom. The minimum absolute atomic E-state index is 0.0946. The second-order valence-corrected chi connectivity index (χ2v) is 6.45. The third kappa shape index (κ3) is 9.49. The first-order chi connectivity index (χ1) is 8.03. The fourth-order valence-corrected chi connectivity index (χ4v) is 1.98. The monoisotopic (exact) mass is 258 g/mol. The molecule has 0 aromatic heterocycles. The Labute approximate surface area is 112 Å². The molecule has 0 amide bonds. The van der Waals surface area contributed by atoms with Gasteiger partial charge in [-0.3, -0.25) is 0 Å². The zero-order valence-electron chi connectivity index (χ0n) is 12.4. The average molecular weight is 258 g/mol. The zero-order valence-corrected chi connectivity index (χ0v) is 12.4. The predicted molar refractivity (Wildman–Crippen MR) is 75.6 cm³/mol. The van der Waals surface area contributed by atoms with Crippen LogP contribution in [-0.4, -0.2) is 26.5 Å². The van der Waals surface area contributed by atoms with Gasteiger partial charge in [0.15, 0.2) is 0 Å². The fraction of sp³-hybridized carbons (Fsp3) is 0.867. The Hall–Kier alpha value is -0.540. The van der Waals surface area contributed by atoms with Crippen molar-refractivity contribution in [2.75, 3.05) is 0 Å². The Morgan fingerprint density at radius 1 is 1.06 bits per heavy atom. The lowest BCUT2D eigenvalue weighted by atomic mass is 9.89. The summed E-state index contributed by atoms with van der Waals surface area (Å²) in [5.74, 6) is 0.314. The van der Waals surface area contributed by atoms with E-state index in [1.807, 2.05) is 13.8 Å². The lowest BCUT2D eigenvalue weighted by Crippen LogP contribution is -2.26. The fourth-order valence-electron chi connectivity index (χ4n) is 1.98. The highest BCUT2D eigenvalue weighted by Gasteiger charge is 2.22. The molecule has 0 aliphatic heterocycles. The molecule has 0 aromatic rings. The lowest BCUT2D eigenvalue weighted by Gasteiger charge is -2.25. The van der Waals surface area contributed by atoms with Crippen molar-refractivity contribution in [1.29, 1.82) is 0 Å². The SMILES string of the molecule is C=C(O)C(C)CCCC(C)(O)CCCC(C)(C)O. The molecule has 0 fully saturated rings. The van der Waals surface area contributed by atoms with Crippen LogP contribution < -0.4 is 0 Å². The van der Waals surface area contributed by atoms with E-state index in [1.54, 1.807) is 13.8 Å². The van der Waals surface area contributed by atoms with E-state index in [0.717, 1.165) is 25.7 Å². The molecule has 2 unspecified atom stereocenters. The van der Waals surface area contributed by atoms with E-state index < -0.39 is 11.2 Å². The molecule has 0 saturated carbocycles. The van der Waals surface area contributed by atoms with Gasteiger partial charge in [-0.2, -0.15) is 0 Å². The van der Waals surface area contributed by atoms with Crippen LogP contribution in [0.15, 0.2) is 12.3 Å². The molecule has 18 heavy (non-hydrogen) atoms. The maximum Gasteiger partial charge on any atom is 0.0879 e. The molecule has 3 nitrogen and oxygen atoms in total. The van der Waals surface area contributed by atoms with Crippen LogP contribution in [0.2, 0.25) is 0 Å². The zero-order chi connectivity index (χ0) is 14.4. The highest BCUT2D eigenvalue weighted by molar-refractivity contribution is 4.86. The molecule has 0 bridgehead atoms. The number of rotatable bonds is 9. The topological polar surface area (TPSA) is 60.7 Å². The summed E-state index contributed by atoms with van der Waals surface area (Å²) in [4.78, 5) is 0. The highest BCUT2D eigenvalue weighted by Crippen LogP contribution is 2.25. The van der Waals surface area contributed by atoms with Crippen LogP contribution in [-0.2, 0) is 0 Å². The molecule has 3 heteroatoms. The van der Waals surface area contributed by atoms with Crippen molar-refractivity contribution < 1.29 is 15.3 Å². The van der Waals surface area contributed by atoms with E-state index in [-0.39, 0.29) is 11.7 Å². The summed E-state index contributed by atoms with van der Waals surface area (Å²) in [6.07, 6.45) is 4.65. The van der Waals surface area contributed by atoms with E-state index >= 15 is 0 Å². The molecule has 0 aliphatic carbocycles. The number of allylic oxidation sites excluding steroid dienone is 1. The first kappa shape index (κ1) is 17.5. The van der Waals surface area contributed by atoms with Crippen molar-refractivity contribution in [1.82, 2.24) is 0 Å². The van der Waals surface area contributed by atoms with Crippen LogP contribution in [0.4, 0.5) is 0 Å². The van der Waals surface area contributed by atoms with E-state index in [9.17, 15) is 15.3 Å². The quantitative estimate of drug-likeness (QED) is 0.554. The molecule has 108 valence electrons. The summed E-state index contributed by atoms with van der Waals surface area (Å²) in [5, 5.41) is 29.0. The summed E-state index contributed by atoms with van der Waals surface area (Å²) in [7, 11) is 0. The van der Waals surface area contributed by atoms with Gasteiger partial charge in [0.05, 0.1) is 17.0 Å². The molecule has 0 heterocycles. The highest BCUT2D eigenvalue weighted by atomic mass is 16.3. The predicted octanol–water partition coefficient (Wildman–Crippen LogP) is 3.56. The Balaban J connectivity index is 3.83. The molecule has 0 radical (unpaired) electrons. The van der Waals surface area contributed by atoms with Crippen molar-refractivity contribution in [2.24, 2.45) is 5.92 Å². The van der Waals surface area contributed by atoms with Gasteiger partial charge < -0.3 is 15.3 Å². The number of hydrogen-bond donors (Lipinski definition) is 3. The Morgan fingerprint density at radius 3 is 2.00 bits per heavy atom. The van der Waals surface area contributed by atoms with Crippen LogP contribution in [0, 0.1) is 5.92 Å². The maximum atomic E-state index is 10.2. The minimum Gasteiger partial charge on any atom is -0.513 e. The van der Waals surface area contributed by atoms with Gasteiger partial charge in [0.2, 0.25) is 0 Å². The molecular formula is C15H30O3. The average Bonchev–Trinajstić information content (AvgIpc) is 2.14. The summed E-state index contributed by atoms with van der Waals surface area (Å²) in [5.41, 5.74) is -1.33. The van der Waals surface area contributed by atoms with Crippen molar-refractivity contribution >= 4 is 0 Å². The van der Waals surface area contributed by atoms with Gasteiger partial charge in [0.1, 0.15) is 0 Å². The van der Waals surface area contributed by atoms with E-state index in [1.165, 1.54) is 0 Å². The summed E-state index contributed by atoms with van der Waals surface area (Å²) >= 11 is 0.